The van der Waals surface area contributed by atoms with Crippen LogP contribution in [0.4, 0.5) is 13.2 Å². The molecule has 3 nitrogen and oxygen atoms in total. The van der Waals surface area contributed by atoms with Crippen molar-refractivity contribution in [1.29, 1.82) is 0 Å². The number of alkyl halides is 3. The summed E-state index contributed by atoms with van der Waals surface area (Å²) >= 11 is 0. The first kappa shape index (κ1) is 17.0. The molecule has 0 amide bonds. The molecule has 122 valence electrons. The lowest BCUT2D eigenvalue weighted by Crippen LogP contribution is -2.50. The Hall–Kier alpha value is -1.34. The molecule has 2 rings (SSSR count). The average Bonchev–Trinajstić information content (AvgIpc) is 2.46. The van der Waals surface area contributed by atoms with Gasteiger partial charge in [-0.1, -0.05) is 36.2 Å². The summed E-state index contributed by atoms with van der Waals surface area (Å²) in [6.07, 6.45) is -2.55. The number of halogens is 3. The Morgan fingerprint density at radius 1 is 1.18 bits per heavy atom. The van der Waals surface area contributed by atoms with Gasteiger partial charge in [0.25, 0.3) is 0 Å². The maximum Gasteiger partial charge on any atom is 0.405 e. The van der Waals surface area contributed by atoms with Crippen molar-refractivity contribution < 1.29 is 21.6 Å². The Morgan fingerprint density at radius 3 is 2.41 bits per heavy atom. The second-order valence-electron chi connectivity index (χ2n) is 5.42. The minimum absolute atomic E-state index is 0.0925. The summed E-state index contributed by atoms with van der Waals surface area (Å²) in [6.45, 7) is 1.80. The molecule has 0 aromatic heterocycles. The lowest BCUT2D eigenvalue weighted by atomic mass is 10.1. The molecule has 1 fully saturated rings. The van der Waals surface area contributed by atoms with Crippen molar-refractivity contribution in [2.75, 3.05) is 6.54 Å². The highest BCUT2D eigenvalue weighted by molar-refractivity contribution is 7.92. The number of rotatable bonds is 3. The van der Waals surface area contributed by atoms with Crippen molar-refractivity contribution in [2.24, 2.45) is 0 Å². The van der Waals surface area contributed by atoms with Crippen molar-refractivity contribution in [3.63, 3.8) is 0 Å². The highest BCUT2D eigenvalue weighted by atomic mass is 32.2. The Labute approximate surface area is 128 Å². The summed E-state index contributed by atoms with van der Waals surface area (Å²) in [5, 5.41) is 0.863. The molecule has 0 bridgehead atoms. The summed E-state index contributed by atoms with van der Waals surface area (Å²) < 4.78 is 64.0. The van der Waals surface area contributed by atoms with Gasteiger partial charge in [-0.05, 0) is 31.4 Å². The molecule has 1 aliphatic heterocycles. The highest BCUT2D eigenvalue weighted by Crippen LogP contribution is 2.33. The Kier molecular flexibility index (Phi) is 4.97. The van der Waals surface area contributed by atoms with E-state index in [-0.39, 0.29) is 13.0 Å². The molecule has 1 aromatic carbocycles. The smallest absolute Gasteiger partial charge is 0.207 e. The Morgan fingerprint density at radius 2 is 1.82 bits per heavy atom. The van der Waals surface area contributed by atoms with E-state index in [1.807, 2.05) is 19.1 Å². The molecule has 1 atom stereocenters. The second-order valence-corrected chi connectivity index (χ2v) is 7.19. The molecule has 1 aliphatic rings. The van der Waals surface area contributed by atoms with Crippen LogP contribution >= 0.6 is 0 Å². The summed E-state index contributed by atoms with van der Waals surface area (Å²) in [7, 11) is -4.09. The standard InChI is InChI=1S/C15H18F3NO2S/c1-12-5-7-13(8-6-12)9-11-22(20,21)19-10-3-2-4-14(19)15(16,17)18/h5-9,11,14H,2-4,10H2,1H3. The van der Waals surface area contributed by atoms with Gasteiger partial charge < -0.3 is 0 Å². The van der Waals surface area contributed by atoms with E-state index in [1.165, 1.54) is 6.08 Å². The predicted octanol–water partition coefficient (Wildman–Crippen LogP) is 3.71. The first-order valence-electron chi connectivity index (χ1n) is 7.03. The van der Waals surface area contributed by atoms with Gasteiger partial charge in [0, 0.05) is 12.0 Å². The summed E-state index contributed by atoms with van der Waals surface area (Å²) in [5.41, 5.74) is 1.66. The molecule has 0 aliphatic carbocycles. The van der Waals surface area contributed by atoms with Crippen LogP contribution in [0, 0.1) is 6.92 Å². The van der Waals surface area contributed by atoms with Gasteiger partial charge in [-0.15, -0.1) is 0 Å². The van der Waals surface area contributed by atoms with E-state index in [1.54, 1.807) is 12.1 Å². The number of sulfonamides is 1. The zero-order valence-electron chi connectivity index (χ0n) is 12.2. The molecule has 0 radical (unpaired) electrons. The minimum Gasteiger partial charge on any atom is -0.207 e. The van der Waals surface area contributed by atoms with Gasteiger partial charge in [-0.3, -0.25) is 0 Å². The second kappa shape index (κ2) is 6.42. The number of hydrogen-bond donors (Lipinski definition) is 0. The van der Waals surface area contributed by atoms with Crippen LogP contribution in [0.5, 0.6) is 0 Å². The number of piperidine rings is 1. The van der Waals surface area contributed by atoms with Crippen molar-refractivity contribution in [2.45, 2.75) is 38.4 Å². The molecular weight excluding hydrogens is 315 g/mol. The van der Waals surface area contributed by atoms with Crippen LogP contribution in [-0.4, -0.2) is 31.5 Å². The first-order valence-corrected chi connectivity index (χ1v) is 8.54. The van der Waals surface area contributed by atoms with Gasteiger partial charge in [0.1, 0.15) is 6.04 Å². The molecule has 22 heavy (non-hydrogen) atoms. The summed E-state index contributed by atoms with van der Waals surface area (Å²) in [5.74, 6) is 0. The lowest BCUT2D eigenvalue weighted by Gasteiger charge is -2.34. The van der Waals surface area contributed by atoms with Gasteiger partial charge in [-0.25, -0.2) is 8.42 Å². The van der Waals surface area contributed by atoms with Crippen molar-refractivity contribution in [3.8, 4) is 0 Å². The van der Waals surface area contributed by atoms with Gasteiger partial charge >= 0.3 is 6.18 Å². The van der Waals surface area contributed by atoms with Gasteiger partial charge in [0.05, 0.1) is 0 Å². The van der Waals surface area contributed by atoms with E-state index in [0.29, 0.717) is 22.7 Å². The average molecular weight is 333 g/mol. The van der Waals surface area contributed by atoms with E-state index in [9.17, 15) is 21.6 Å². The Bertz CT molecular complexity index is 636. The normalized spacial score (nSPS) is 21.4. The molecular formula is C15H18F3NO2S. The number of aryl methyl sites for hydroxylation is 1. The van der Waals surface area contributed by atoms with E-state index in [4.69, 9.17) is 0 Å². The molecule has 1 heterocycles. The number of benzene rings is 1. The van der Waals surface area contributed by atoms with Crippen molar-refractivity contribution >= 4 is 16.1 Å². The third kappa shape index (κ3) is 4.10. The third-order valence-corrected chi connectivity index (χ3v) is 5.24. The summed E-state index contributed by atoms with van der Waals surface area (Å²) in [4.78, 5) is 0. The lowest BCUT2D eigenvalue weighted by molar-refractivity contribution is -0.177. The predicted molar refractivity (Wildman–Crippen MR) is 79.5 cm³/mol. The quantitative estimate of drug-likeness (QED) is 0.845. The van der Waals surface area contributed by atoms with Crippen molar-refractivity contribution in [3.05, 3.63) is 40.8 Å². The monoisotopic (exact) mass is 333 g/mol. The maximum atomic E-state index is 13.0. The minimum atomic E-state index is -4.54. The van der Waals surface area contributed by atoms with Crippen LogP contribution in [0.3, 0.4) is 0 Å². The topological polar surface area (TPSA) is 37.4 Å². The fourth-order valence-corrected chi connectivity index (χ4v) is 3.91. The summed E-state index contributed by atoms with van der Waals surface area (Å²) in [6, 6.07) is 5.14. The molecule has 1 unspecified atom stereocenters. The van der Waals surface area contributed by atoms with Gasteiger partial charge in [0.15, 0.2) is 0 Å². The fourth-order valence-electron chi connectivity index (χ4n) is 2.46. The zero-order valence-corrected chi connectivity index (χ0v) is 13.0. The molecule has 1 aromatic rings. The number of nitrogens with zero attached hydrogens (tertiary/aromatic N) is 1. The van der Waals surface area contributed by atoms with Crippen LogP contribution in [0.25, 0.3) is 6.08 Å². The Balaban J connectivity index is 2.22. The molecule has 0 saturated carbocycles. The van der Waals surface area contributed by atoms with Gasteiger partial charge in [0.2, 0.25) is 10.0 Å². The number of hydrogen-bond acceptors (Lipinski definition) is 2. The molecule has 0 N–H and O–H groups in total. The van der Waals surface area contributed by atoms with E-state index >= 15 is 0 Å². The van der Waals surface area contributed by atoms with E-state index in [0.717, 1.165) is 11.0 Å². The largest absolute Gasteiger partial charge is 0.405 e. The van der Waals surface area contributed by atoms with Crippen LogP contribution in [-0.2, 0) is 10.0 Å². The SMILES string of the molecule is Cc1ccc(C=CS(=O)(=O)N2CCCCC2C(F)(F)F)cc1. The third-order valence-electron chi connectivity index (χ3n) is 3.67. The zero-order chi connectivity index (χ0) is 16.4. The van der Waals surface area contributed by atoms with Gasteiger partial charge in [-0.2, -0.15) is 17.5 Å². The highest BCUT2D eigenvalue weighted by Gasteiger charge is 2.48. The van der Waals surface area contributed by atoms with Crippen LogP contribution in [0.15, 0.2) is 29.7 Å². The van der Waals surface area contributed by atoms with E-state index in [2.05, 4.69) is 0 Å². The van der Waals surface area contributed by atoms with Crippen LogP contribution in [0.2, 0.25) is 0 Å². The fraction of sp³-hybridized carbons (Fsp3) is 0.467. The van der Waals surface area contributed by atoms with Crippen LogP contribution < -0.4 is 0 Å². The molecule has 7 heteroatoms. The van der Waals surface area contributed by atoms with E-state index < -0.39 is 22.2 Å². The maximum absolute atomic E-state index is 13.0. The first-order chi connectivity index (χ1) is 10.2. The van der Waals surface area contributed by atoms with Crippen molar-refractivity contribution in [1.82, 2.24) is 4.31 Å². The molecule has 0 spiro atoms. The molecule has 1 saturated heterocycles. The van der Waals surface area contributed by atoms with Crippen LogP contribution in [0.1, 0.15) is 30.4 Å².